The van der Waals surface area contributed by atoms with E-state index in [4.69, 9.17) is 0 Å². The summed E-state index contributed by atoms with van der Waals surface area (Å²) in [7, 11) is 0. The highest BCUT2D eigenvalue weighted by molar-refractivity contribution is 7.23. The van der Waals surface area contributed by atoms with Gasteiger partial charge in [0, 0.05) is 47.8 Å². The van der Waals surface area contributed by atoms with E-state index in [1.807, 2.05) is 22.7 Å². The van der Waals surface area contributed by atoms with E-state index in [-0.39, 0.29) is 22.6 Å². The number of fused-ring (bicyclic) bond motifs is 1. The summed E-state index contributed by atoms with van der Waals surface area (Å²) in [6.07, 6.45) is 42.6. The first-order valence-electron chi connectivity index (χ1n) is 34.4. The zero-order chi connectivity index (χ0) is 59.1. The van der Waals surface area contributed by atoms with Gasteiger partial charge in [-0.3, -0.25) is 9.59 Å². The third-order valence-electron chi connectivity index (χ3n) is 19.1. The maximum absolute atomic E-state index is 15.8. The fraction of sp³-hybridized carbons (Fsp3) is 0.703. The maximum atomic E-state index is 15.8. The number of hydrogen-bond acceptors (Lipinski definition) is 6. The first kappa shape index (κ1) is 68.3. The number of hydrogen-bond donors (Lipinski definition) is 0. The Balaban J connectivity index is 1.39. The second-order valence-corrected chi connectivity index (χ2v) is 30.4. The van der Waals surface area contributed by atoms with E-state index in [0.717, 1.165) is 98.2 Å². The van der Waals surface area contributed by atoms with Crippen LogP contribution in [0.5, 0.6) is 0 Å². The van der Waals surface area contributed by atoms with Crippen LogP contribution in [0.4, 0.5) is 0 Å². The Hall–Kier alpha value is -2.78. The minimum atomic E-state index is 0.0228. The van der Waals surface area contributed by atoms with Crippen LogP contribution in [0.3, 0.4) is 0 Å². The molecule has 82 heavy (non-hydrogen) atoms. The minimum absolute atomic E-state index is 0.0228. The molecule has 2 unspecified atom stereocenters. The molecular formula is C74H116N2O2S4. The van der Waals surface area contributed by atoms with Gasteiger partial charge in [-0.25, -0.2) is 0 Å². The highest BCUT2D eigenvalue weighted by Gasteiger charge is 2.50. The van der Waals surface area contributed by atoms with Crippen molar-refractivity contribution in [3.63, 3.8) is 0 Å². The third kappa shape index (κ3) is 18.1. The number of carbonyl (C=O) groups excluding carboxylic acids is 2. The fourth-order valence-corrected chi connectivity index (χ4v) is 18.4. The summed E-state index contributed by atoms with van der Waals surface area (Å²) >= 11 is 7.62. The van der Waals surface area contributed by atoms with E-state index < -0.39 is 0 Å². The lowest BCUT2D eigenvalue weighted by atomic mass is 9.81. The van der Waals surface area contributed by atoms with Crippen molar-refractivity contribution in [2.24, 2.45) is 11.8 Å². The summed E-state index contributed by atoms with van der Waals surface area (Å²) in [5.74, 6) is 0.756. The van der Waals surface area contributed by atoms with Crippen molar-refractivity contribution in [3.8, 4) is 19.5 Å². The van der Waals surface area contributed by atoms with Crippen molar-refractivity contribution < 1.29 is 9.59 Å². The second kappa shape index (κ2) is 35.1. The largest absolute Gasteiger partial charge is 0.306 e. The minimum Gasteiger partial charge on any atom is -0.306 e. The molecule has 0 spiro atoms. The molecule has 2 atom stereocenters. The Kier molecular flexibility index (Phi) is 29.3. The summed E-state index contributed by atoms with van der Waals surface area (Å²) in [5.41, 5.74) is 6.34. The van der Waals surface area contributed by atoms with Crippen LogP contribution in [0, 0.1) is 11.8 Å². The molecule has 4 aromatic heterocycles. The van der Waals surface area contributed by atoms with Crippen LogP contribution < -0.4 is 0 Å². The van der Waals surface area contributed by atoms with Crippen LogP contribution in [0.15, 0.2) is 47.5 Å². The molecule has 0 aliphatic carbocycles. The zero-order valence-corrected chi connectivity index (χ0v) is 57.7. The molecule has 2 aliphatic heterocycles. The summed E-state index contributed by atoms with van der Waals surface area (Å²) in [5, 5.41) is 0. The van der Waals surface area contributed by atoms with Crippen molar-refractivity contribution in [2.45, 2.75) is 312 Å². The molecule has 2 aliphatic rings. The van der Waals surface area contributed by atoms with Gasteiger partial charge in [0.2, 0.25) is 0 Å². The van der Waals surface area contributed by atoms with Crippen molar-refractivity contribution in [1.29, 1.82) is 0 Å². The predicted molar refractivity (Wildman–Crippen MR) is 366 cm³/mol. The van der Waals surface area contributed by atoms with Crippen LogP contribution in [-0.4, -0.2) is 34.7 Å². The fourth-order valence-electron chi connectivity index (χ4n) is 13.3. The highest BCUT2D eigenvalue weighted by atomic mass is 32.1. The first-order chi connectivity index (χ1) is 39.8. The normalized spacial score (nSPS) is 14.9. The molecule has 4 aromatic rings. The maximum Gasteiger partial charge on any atom is 0.261 e. The van der Waals surface area contributed by atoms with Gasteiger partial charge in [0.05, 0.1) is 32.3 Å². The Labute approximate surface area is 519 Å². The summed E-state index contributed by atoms with van der Waals surface area (Å²) in [6.45, 7) is 29.5. The molecule has 8 heteroatoms. The molecule has 6 heterocycles. The van der Waals surface area contributed by atoms with Gasteiger partial charge < -0.3 is 9.80 Å². The van der Waals surface area contributed by atoms with E-state index in [1.165, 1.54) is 172 Å². The number of amides is 2. The quantitative estimate of drug-likeness (QED) is 0.0414. The topological polar surface area (TPSA) is 40.6 Å². The SMILES string of the molecule is CCCCCCCCCCCCc1cc(-c2ccc(C3=C4C(=O)N(CC(CC)CCCC)C(c5ccc(-c6cc(CCCCCCCCCCCC)c(C(C)(CC)CC)s6)s5)=C4C(=O)N3CC(CC)CCCC)s2)sc1C(C)(C)CCC. The molecule has 458 valence electrons. The van der Waals surface area contributed by atoms with E-state index in [9.17, 15) is 0 Å². The Morgan fingerprint density at radius 2 is 0.756 bits per heavy atom. The number of carbonyl (C=O) groups is 2. The lowest BCUT2D eigenvalue weighted by Gasteiger charge is -2.29. The zero-order valence-electron chi connectivity index (χ0n) is 54.4. The van der Waals surface area contributed by atoms with Crippen molar-refractivity contribution in [1.82, 2.24) is 9.80 Å². The lowest BCUT2D eigenvalue weighted by Crippen LogP contribution is -2.34. The molecule has 6 rings (SSSR count). The molecule has 0 radical (unpaired) electrons. The lowest BCUT2D eigenvalue weighted by molar-refractivity contribution is -0.124. The van der Waals surface area contributed by atoms with E-state index in [0.29, 0.717) is 36.1 Å². The molecule has 0 bridgehead atoms. The molecule has 0 aromatic carbocycles. The van der Waals surface area contributed by atoms with Crippen molar-refractivity contribution in [3.05, 3.63) is 78.2 Å². The van der Waals surface area contributed by atoms with Gasteiger partial charge in [-0.2, -0.15) is 0 Å². The molecule has 0 saturated heterocycles. The summed E-state index contributed by atoms with van der Waals surface area (Å²) in [6, 6.07) is 14.2. The first-order valence-corrected chi connectivity index (χ1v) is 37.6. The second-order valence-electron chi connectivity index (χ2n) is 26.1. The summed E-state index contributed by atoms with van der Waals surface area (Å²) in [4.78, 5) is 46.2. The molecule has 4 nitrogen and oxygen atoms in total. The van der Waals surface area contributed by atoms with Crippen LogP contribution in [0.25, 0.3) is 30.9 Å². The molecule has 0 fully saturated rings. The monoisotopic (exact) mass is 1190 g/mol. The smallest absolute Gasteiger partial charge is 0.261 e. The number of thiophene rings is 4. The summed E-state index contributed by atoms with van der Waals surface area (Å²) < 4.78 is 0. The third-order valence-corrected chi connectivity index (χ3v) is 24.7. The Morgan fingerprint density at radius 1 is 0.402 bits per heavy atom. The van der Waals surface area contributed by atoms with Gasteiger partial charge in [-0.15, -0.1) is 45.3 Å². The van der Waals surface area contributed by atoms with Gasteiger partial charge in [-0.1, -0.05) is 244 Å². The van der Waals surface area contributed by atoms with Gasteiger partial charge in [-0.05, 0) is 123 Å². The number of aryl methyl sites for hydroxylation is 2. The standard InChI is InChI=1S/C74H116N2O2S4/c1-13-22-26-28-30-32-34-36-38-40-44-57-51-63(81-69(57)73(10,11)50-17-5)59-46-48-61(79-59)67-65-66(72(78)75(67)53-55(18-6)42-24-15-3)68(76(71(65)77)54-56(19-7)43-25-16-4)62-49-47-60(80-62)64-52-58(70(82-64)74(12,20-8)21-9)45-41-39-37-35-33-31-29-27-23-14-2/h46-49,51-52,55-56H,13-45,50,53-54H2,1-12H3. The van der Waals surface area contributed by atoms with Crippen LogP contribution in [0.1, 0.15) is 319 Å². The van der Waals surface area contributed by atoms with E-state index in [1.54, 1.807) is 32.4 Å². The van der Waals surface area contributed by atoms with Crippen molar-refractivity contribution >= 4 is 68.6 Å². The van der Waals surface area contributed by atoms with Crippen LogP contribution in [0.2, 0.25) is 0 Å². The van der Waals surface area contributed by atoms with Gasteiger partial charge >= 0.3 is 0 Å². The average molecular weight is 1190 g/mol. The van der Waals surface area contributed by atoms with E-state index in [2.05, 4.69) is 129 Å². The van der Waals surface area contributed by atoms with E-state index >= 15 is 9.59 Å². The molecule has 0 saturated carbocycles. The Bertz CT molecular complexity index is 2590. The number of unbranched alkanes of at least 4 members (excludes halogenated alkanes) is 20. The van der Waals surface area contributed by atoms with Crippen LogP contribution >= 0.6 is 45.3 Å². The molecular weight excluding hydrogens is 1080 g/mol. The van der Waals surface area contributed by atoms with Gasteiger partial charge in [0.15, 0.2) is 0 Å². The number of rotatable bonds is 44. The van der Waals surface area contributed by atoms with Gasteiger partial charge in [0.25, 0.3) is 11.8 Å². The predicted octanol–water partition coefficient (Wildman–Crippen LogP) is 24.6. The van der Waals surface area contributed by atoms with Crippen molar-refractivity contribution in [2.75, 3.05) is 13.1 Å². The Morgan fingerprint density at radius 3 is 1.12 bits per heavy atom. The average Bonchev–Trinajstić information content (AvgIpc) is 3.38. The molecule has 0 N–H and O–H groups in total. The van der Waals surface area contributed by atoms with Crippen LogP contribution in [-0.2, 0) is 33.3 Å². The highest BCUT2D eigenvalue weighted by Crippen LogP contribution is 2.53. The molecule has 2 amide bonds. The van der Waals surface area contributed by atoms with Gasteiger partial charge in [0.1, 0.15) is 0 Å². The number of nitrogens with zero attached hydrogens (tertiary/aromatic N) is 2.